The van der Waals surface area contributed by atoms with Gasteiger partial charge in [-0.1, -0.05) is 31.3 Å². The fraction of sp³-hybridized carbons (Fsp3) is 0.250. The van der Waals surface area contributed by atoms with Gasteiger partial charge in [0, 0.05) is 41.0 Å². The topological polar surface area (TPSA) is 50.9 Å². The van der Waals surface area contributed by atoms with Gasteiger partial charge >= 0.3 is 0 Å². The Labute approximate surface area is 135 Å². The summed E-state index contributed by atoms with van der Waals surface area (Å²) in [6.45, 7) is 2.92. The molecule has 3 nitrogen and oxygen atoms in total. The Morgan fingerprint density at radius 3 is 2.81 bits per heavy atom. The number of hydrogen-bond acceptors (Lipinski definition) is 4. The number of thioether (sulfide) groups is 1. The van der Waals surface area contributed by atoms with Crippen molar-refractivity contribution >= 4 is 34.7 Å². The molecule has 0 saturated carbocycles. The Kier molecular flexibility index (Phi) is 6.02. The minimum Gasteiger partial charge on any atom is -0.389 e. The molecule has 0 spiro atoms. The smallest absolute Gasteiger partial charge is 0.107 e. The number of hydrogen-bond donors (Lipinski definition) is 2. The van der Waals surface area contributed by atoms with Gasteiger partial charge in [0.15, 0.2) is 0 Å². The first-order valence-electron chi connectivity index (χ1n) is 6.91. The quantitative estimate of drug-likeness (QED) is 0.605. The van der Waals surface area contributed by atoms with Crippen LogP contribution in [0.4, 0.5) is 5.69 Å². The van der Waals surface area contributed by atoms with Crippen molar-refractivity contribution in [1.29, 1.82) is 0 Å². The van der Waals surface area contributed by atoms with Crippen LogP contribution < -0.4 is 11.1 Å². The second kappa shape index (κ2) is 8.00. The highest BCUT2D eigenvalue weighted by Crippen LogP contribution is 2.28. The number of nitrogens with two attached hydrogens (primary N) is 1. The molecule has 0 saturated heterocycles. The number of aromatic nitrogens is 1. The number of nitrogens with one attached hydrogen (secondary N) is 1. The molecule has 5 heteroatoms. The first kappa shape index (κ1) is 15.8. The molecule has 0 atom stereocenters. The second-order valence-electron chi connectivity index (χ2n) is 4.47. The van der Waals surface area contributed by atoms with Crippen LogP contribution in [0.5, 0.6) is 0 Å². The number of nitrogens with zero attached hydrogens (tertiary/aromatic N) is 1. The molecule has 21 heavy (non-hydrogen) atoms. The zero-order chi connectivity index (χ0) is 15.1. The highest BCUT2D eigenvalue weighted by atomic mass is 32.2. The molecule has 1 aromatic carbocycles. The van der Waals surface area contributed by atoms with Crippen LogP contribution in [0.1, 0.15) is 18.2 Å². The molecule has 3 N–H and O–H groups in total. The van der Waals surface area contributed by atoms with Gasteiger partial charge in [-0.25, -0.2) is 0 Å². The molecule has 0 radical (unpaired) electrons. The molecule has 1 heterocycles. The van der Waals surface area contributed by atoms with Crippen molar-refractivity contribution in [2.24, 2.45) is 5.73 Å². The summed E-state index contributed by atoms with van der Waals surface area (Å²) in [5.74, 6) is 0.993. The number of benzene rings is 1. The lowest BCUT2D eigenvalue weighted by Crippen LogP contribution is -2.16. The van der Waals surface area contributed by atoms with Crippen molar-refractivity contribution < 1.29 is 0 Å². The summed E-state index contributed by atoms with van der Waals surface area (Å²) in [4.78, 5) is 5.89. The molecule has 0 aliphatic heterocycles. The minimum absolute atomic E-state index is 0.437. The van der Waals surface area contributed by atoms with Gasteiger partial charge in [-0.15, -0.1) is 11.8 Å². The van der Waals surface area contributed by atoms with Crippen molar-refractivity contribution in [1.82, 2.24) is 4.98 Å². The predicted octanol–water partition coefficient (Wildman–Crippen LogP) is 3.48. The molecule has 0 bridgehead atoms. The second-order valence-corrected chi connectivity index (χ2v) is 6.22. The van der Waals surface area contributed by atoms with E-state index < -0.39 is 0 Å². The number of pyridine rings is 1. The van der Waals surface area contributed by atoms with Gasteiger partial charge in [-0.05, 0) is 30.0 Å². The van der Waals surface area contributed by atoms with Crippen molar-refractivity contribution in [3.05, 3.63) is 53.9 Å². The van der Waals surface area contributed by atoms with Gasteiger partial charge in [0.05, 0.1) is 0 Å². The van der Waals surface area contributed by atoms with Gasteiger partial charge in [-0.3, -0.25) is 4.98 Å². The Morgan fingerprint density at radius 2 is 2.14 bits per heavy atom. The molecular weight excluding hydrogens is 298 g/mol. The predicted molar refractivity (Wildman–Crippen MR) is 95.2 cm³/mol. The van der Waals surface area contributed by atoms with Crippen LogP contribution in [0, 0.1) is 0 Å². The maximum Gasteiger partial charge on any atom is 0.107 e. The first-order valence-corrected chi connectivity index (χ1v) is 8.31. The molecule has 0 fully saturated rings. The molecule has 0 unspecified atom stereocenters. The van der Waals surface area contributed by atoms with Crippen molar-refractivity contribution in [3.63, 3.8) is 0 Å². The third kappa shape index (κ3) is 4.44. The lowest BCUT2D eigenvalue weighted by molar-refractivity contribution is 0.960. The maximum absolute atomic E-state index is 5.89. The highest BCUT2D eigenvalue weighted by molar-refractivity contribution is 7.99. The van der Waals surface area contributed by atoms with E-state index in [1.165, 1.54) is 0 Å². The molecule has 110 valence electrons. The van der Waals surface area contributed by atoms with Gasteiger partial charge in [0.25, 0.3) is 0 Å². The van der Waals surface area contributed by atoms with E-state index in [9.17, 15) is 0 Å². The first-order chi connectivity index (χ1) is 10.2. The number of rotatable bonds is 7. The standard InChI is InChI=1S/C16H19N3S2/c1-2-21-14-8-5-7-13(15(14)16(17)20)19-11-9-12-6-3-4-10-18-12/h3-8,10,19H,2,9,11H2,1H3,(H2,17,20). The molecule has 2 aromatic rings. The van der Waals surface area contributed by atoms with E-state index in [4.69, 9.17) is 18.0 Å². The highest BCUT2D eigenvalue weighted by Gasteiger charge is 2.10. The molecule has 0 aliphatic carbocycles. The fourth-order valence-electron chi connectivity index (χ4n) is 2.08. The van der Waals surface area contributed by atoms with E-state index in [0.29, 0.717) is 4.99 Å². The van der Waals surface area contributed by atoms with Crippen LogP contribution in [-0.4, -0.2) is 22.3 Å². The average molecular weight is 317 g/mol. The molecule has 2 rings (SSSR count). The number of thiocarbonyl (C=S) groups is 1. The Morgan fingerprint density at radius 1 is 1.29 bits per heavy atom. The van der Waals surface area contributed by atoms with Crippen LogP contribution in [0.25, 0.3) is 0 Å². The van der Waals surface area contributed by atoms with Crippen LogP contribution in [0.3, 0.4) is 0 Å². The lowest BCUT2D eigenvalue weighted by Gasteiger charge is -2.14. The molecule has 0 amide bonds. The number of anilines is 1. The molecule has 1 aromatic heterocycles. The summed E-state index contributed by atoms with van der Waals surface area (Å²) in [7, 11) is 0. The van der Waals surface area contributed by atoms with E-state index in [2.05, 4.69) is 23.3 Å². The summed E-state index contributed by atoms with van der Waals surface area (Å²) in [6.07, 6.45) is 2.68. The summed E-state index contributed by atoms with van der Waals surface area (Å²) in [5, 5.41) is 3.42. The van der Waals surface area contributed by atoms with Crippen molar-refractivity contribution in [3.8, 4) is 0 Å². The normalized spacial score (nSPS) is 10.3. The third-order valence-electron chi connectivity index (χ3n) is 3.00. The van der Waals surface area contributed by atoms with Crippen LogP contribution in [0.15, 0.2) is 47.5 Å². The fourth-order valence-corrected chi connectivity index (χ4v) is 3.21. The molecular formula is C16H19N3S2. The van der Waals surface area contributed by atoms with E-state index in [0.717, 1.165) is 40.6 Å². The van der Waals surface area contributed by atoms with Crippen LogP contribution >= 0.6 is 24.0 Å². The Hall–Kier alpha value is -1.59. The van der Waals surface area contributed by atoms with Crippen LogP contribution in [-0.2, 0) is 6.42 Å². The third-order valence-corrected chi connectivity index (χ3v) is 4.14. The van der Waals surface area contributed by atoms with Gasteiger partial charge in [-0.2, -0.15) is 0 Å². The Bertz CT molecular complexity index is 600. The molecule has 0 aliphatic rings. The van der Waals surface area contributed by atoms with E-state index in [1.807, 2.05) is 36.5 Å². The monoisotopic (exact) mass is 317 g/mol. The largest absolute Gasteiger partial charge is 0.389 e. The van der Waals surface area contributed by atoms with Gasteiger partial charge in [0.1, 0.15) is 4.99 Å². The Balaban J connectivity index is 2.08. The summed E-state index contributed by atoms with van der Waals surface area (Å²) in [5.41, 5.74) is 8.91. The van der Waals surface area contributed by atoms with E-state index in [1.54, 1.807) is 11.8 Å². The summed E-state index contributed by atoms with van der Waals surface area (Å²) in [6, 6.07) is 12.1. The van der Waals surface area contributed by atoms with Gasteiger partial charge in [0.2, 0.25) is 0 Å². The van der Waals surface area contributed by atoms with Gasteiger partial charge < -0.3 is 11.1 Å². The van der Waals surface area contributed by atoms with Crippen molar-refractivity contribution in [2.75, 3.05) is 17.6 Å². The minimum atomic E-state index is 0.437. The van der Waals surface area contributed by atoms with E-state index >= 15 is 0 Å². The van der Waals surface area contributed by atoms with Crippen molar-refractivity contribution in [2.45, 2.75) is 18.2 Å². The van der Waals surface area contributed by atoms with E-state index in [-0.39, 0.29) is 0 Å². The van der Waals surface area contributed by atoms with Crippen LogP contribution in [0.2, 0.25) is 0 Å². The summed E-state index contributed by atoms with van der Waals surface area (Å²) >= 11 is 6.96. The SMILES string of the molecule is CCSc1cccc(NCCc2ccccn2)c1C(N)=S. The zero-order valence-electron chi connectivity index (χ0n) is 12.0. The maximum atomic E-state index is 5.89. The summed E-state index contributed by atoms with van der Waals surface area (Å²) < 4.78 is 0. The average Bonchev–Trinajstić information content (AvgIpc) is 2.48. The lowest BCUT2D eigenvalue weighted by atomic mass is 10.1. The zero-order valence-corrected chi connectivity index (χ0v) is 13.6.